The van der Waals surface area contributed by atoms with Gasteiger partial charge < -0.3 is 10.6 Å². The van der Waals surface area contributed by atoms with Crippen LogP contribution in [0, 0.1) is 10.1 Å². The van der Waals surface area contributed by atoms with Crippen molar-refractivity contribution in [1.29, 1.82) is 0 Å². The number of nitro groups is 1. The predicted octanol–water partition coefficient (Wildman–Crippen LogP) is 1.19. The van der Waals surface area contributed by atoms with E-state index in [2.05, 4.69) is 10.6 Å². The van der Waals surface area contributed by atoms with Crippen molar-refractivity contribution in [1.82, 2.24) is 10.6 Å². The van der Waals surface area contributed by atoms with Gasteiger partial charge in [-0.3, -0.25) is 10.1 Å². The number of rotatable bonds is 3. The molecule has 1 aromatic carbocycles. The summed E-state index contributed by atoms with van der Waals surface area (Å²) in [6.45, 7) is 0.553. The first-order chi connectivity index (χ1) is 7.13. The van der Waals surface area contributed by atoms with E-state index in [1.54, 1.807) is 19.2 Å². The summed E-state index contributed by atoms with van der Waals surface area (Å²) in [7, 11) is 1.73. The summed E-state index contributed by atoms with van der Waals surface area (Å²) in [5.74, 6) is 0. The minimum Gasteiger partial charge on any atom is -0.366 e. The summed E-state index contributed by atoms with van der Waals surface area (Å²) >= 11 is 4.89. The molecular formula is C9H11N3O2S. The number of nitrogens with one attached hydrogen (secondary N) is 2. The van der Waals surface area contributed by atoms with Crippen molar-refractivity contribution < 1.29 is 4.92 Å². The summed E-state index contributed by atoms with van der Waals surface area (Å²) in [5.41, 5.74) is 1.04. The Hall–Kier alpha value is -1.69. The van der Waals surface area contributed by atoms with Gasteiger partial charge in [-0.15, -0.1) is 0 Å². The Labute approximate surface area is 92.6 Å². The van der Waals surface area contributed by atoms with E-state index in [4.69, 9.17) is 12.2 Å². The molecule has 0 aromatic heterocycles. The fourth-order valence-electron chi connectivity index (χ4n) is 1.01. The molecule has 1 aromatic rings. The van der Waals surface area contributed by atoms with Crippen molar-refractivity contribution in [3.63, 3.8) is 0 Å². The van der Waals surface area contributed by atoms with Gasteiger partial charge in [0, 0.05) is 25.7 Å². The van der Waals surface area contributed by atoms with Gasteiger partial charge in [0.1, 0.15) is 0 Å². The average Bonchev–Trinajstić information content (AvgIpc) is 2.26. The lowest BCUT2D eigenvalue weighted by Crippen LogP contribution is -2.31. The van der Waals surface area contributed by atoms with Crippen LogP contribution in [0.25, 0.3) is 0 Å². The van der Waals surface area contributed by atoms with Crippen LogP contribution in [-0.4, -0.2) is 17.1 Å². The number of hydrogen-bond acceptors (Lipinski definition) is 3. The third-order valence-corrected chi connectivity index (χ3v) is 2.18. The van der Waals surface area contributed by atoms with Crippen LogP contribution in [0.1, 0.15) is 5.56 Å². The zero-order chi connectivity index (χ0) is 11.3. The SMILES string of the molecule is CNC(=S)NCc1ccc([N+](=O)[O-])cc1. The number of nitrogens with zero attached hydrogens (tertiary/aromatic N) is 1. The Balaban J connectivity index is 2.57. The molecule has 6 heteroatoms. The van der Waals surface area contributed by atoms with Crippen LogP contribution in [-0.2, 0) is 6.54 Å². The van der Waals surface area contributed by atoms with Crippen molar-refractivity contribution in [2.45, 2.75) is 6.54 Å². The molecule has 0 bridgehead atoms. The quantitative estimate of drug-likeness (QED) is 0.459. The molecule has 0 amide bonds. The van der Waals surface area contributed by atoms with Gasteiger partial charge in [-0.1, -0.05) is 12.1 Å². The Morgan fingerprint density at radius 1 is 1.47 bits per heavy atom. The maximum absolute atomic E-state index is 10.4. The van der Waals surface area contributed by atoms with Gasteiger partial charge in [-0.05, 0) is 17.8 Å². The molecule has 1 rings (SSSR count). The molecule has 0 fully saturated rings. The first-order valence-electron chi connectivity index (χ1n) is 4.32. The zero-order valence-electron chi connectivity index (χ0n) is 8.19. The van der Waals surface area contributed by atoms with E-state index in [0.29, 0.717) is 11.7 Å². The molecule has 5 nitrogen and oxygen atoms in total. The lowest BCUT2D eigenvalue weighted by molar-refractivity contribution is -0.384. The summed E-state index contributed by atoms with van der Waals surface area (Å²) in [6, 6.07) is 6.34. The van der Waals surface area contributed by atoms with Gasteiger partial charge in [0.25, 0.3) is 5.69 Å². The number of benzene rings is 1. The highest BCUT2D eigenvalue weighted by Crippen LogP contribution is 2.11. The van der Waals surface area contributed by atoms with Crippen LogP contribution in [0.2, 0.25) is 0 Å². The normalized spacial score (nSPS) is 9.40. The summed E-state index contributed by atoms with van der Waals surface area (Å²) in [5, 5.41) is 16.7. The zero-order valence-corrected chi connectivity index (χ0v) is 9.00. The van der Waals surface area contributed by atoms with Crippen LogP contribution in [0.5, 0.6) is 0 Å². The number of thiocarbonyl (C=S) groups is 1. The molecule has 0 aliphatic rings. The largest absolute Gasteiger partial charge is 0.366 e. The van der Waals surface area contributed by atoms with Crippen molar-refractivity contribution in [3.8, 4) is 0 Å². The van der Waals surface area contributed by atoms with Crippen molar-refractivity contribution in [2.24, 2.45) is 0 Å². The maximum Gasteiger partial charge on any atom is 0.269 e. The number of nitro benzene ring substituents is 1. The van der Waals surface area contributed by atoms with Gasteiger partial charge in [-0.2, -0.15) is 0 Å². The molecule has 0 aliphatic carbocycles. The minimum atomic E-state index is -0.421. The second kappa shape index (κ2) is 5.26. The lowest BCUT2D eigenvalue weighted by Gasteiger charge is -2.06. The Morgan fingerprint density at radius 2 is 2.07 bits per heavy atom. The first-order valence-corrected chi connectivity index (χ1v) is 4.73. The van der Waals surface area contributed by atoms with E-state index < -0.39 is 4.92 Å². The van der Waals surface area contributed by atoms with Crippen LogP contribution in [0.4, 0.5) is 5.69 Å². The van der Waals surface area contributed by atoms with E-state index in [9.17, 15) is 10.1 Å². The van der Waals surface area contributed by atoms with Gasteiger partial charge >= 0.3 is 0 Å². The van der Waals surface area contributed by atoms with E-state index in [1.807, 2.05) is 0 Å². The van der Waals surface area contributed by atoms with Gasteiger partial charge in [0.15, 0.2) is 5.11 Å². The van der Waals surface area contributed by atoms with Gasteiger partial charge in [0.2, 0.25) is 0 Å². The predicted molar refractivity (Wildman–Crippen MR) is 61.6 cm³/mol. The van der Waals surface area contributed by atoms with E-state index >= 15 is 0 Å². The van der Waals surface area contributed by atoms with E-state index in [-0.39, 0.29) is 5.69 Å². The lowest BCUT2D eigenvalue weighted by atomic mass is 10.2. The van der Waals surface area contributed by atoms with Crippen LogP contribution >= 0.6 is 12.2 Å². The van der Waals surface area contributed by atoms with Crippen LogP contribution in [0.3, 0.4) is 0 Å². The molecule has 0 saturated carbocycles. The summed E-state index contributed by atoms with van der Waals surface area (Å²) < 4.78 is 0. The number of hydrogen-bond donors (Lipinski definition) is 2. The fourth-order valence-corrected chi connectivity index (χ4v) is 1.08. The average molecular weight is 225 g/mol. The smallest absolute Gasteiger partial charge is 0.269 e. The molecule has 80 valence electrons. The van der Waals surface area contributed by atoms with E-state index in [1.165, 1.54) is 12.1 Å². The highest BCUT2D eigenvalue weighted by molar-refractivity contribution is 7.80. The second-order valence-electron chi connectivity index (χ2n) is 2.86. The first kappa shape index (κ1) is 11.4. The monoisotopic (exact) mass is 225 g/mol. The van der Waals surface area contributed by atoms with Crippen molar-refractivity contribution in [2.75, 3.05) is 7.05 Å². The molecule has 0 aliphatic heterocycles. The maximum atomic E-state index is 10.4. The van der Waals surface area contributed by atoms with Crippen molar-refractivity contribution in [3.05, 3.63) is 39.9 Å². The molecule has 2 N–H and O–H groups in total. The molecule has 0 spiro atoms. The van der Waals surface area contributed by atoms with Gasteiger partial charge in [0.05, 0.1) is 4.92 Å². The van der Waals surface area contributed by atoms with Gasteiger partial charge in [-0.25, -0.2) is 0 Å². The van der Waals surface area contributed by atoms with Crippen LogP contribution < -0.4 is 10.6 Å². The van der Waals surface area contributed by atoms with E-state index in [0.717, 1.165) is 5.56 Å². The molecule has 0 saturated heterocycles. The topological polar surface area (TPSA) is 67.2 Å². The summed E-state index contributed by atoms with van der Waals surface area (Å²) in [6.07, 6.45) is 0. The Morgan fingerprint density at radius 3 is 2.53 bits per heavy atom. The molecule has 15 heavy (non-hydrogen) atoms. The molecule has 0 heterocycles. The van der Waals surface area contributed by atoms with Crippen LogP contribution in [0.15, 0.2) is 24.3 Å². The minimum absolute atomic E-state index is 0.0925. The highest BCUT2D eigenvalue weighted by Gasteiger charge is 2.03. The Kier molecular flexibility index (Phi) is 3.99. The molecule has 0 unspecified atom stereocenters. The summed E-state index contributed by atoms with van der Waals surface area (Å²) in [4.78, 5) is 9.96. The third-order valence-electron chi connectivity index (χ3n) is 1.83. The third kappa shape index (κ3) is 3.51. The standard InChI is InChI=1S/C9H11N3O2S/c1-10-9(15)11-6-7-2-4-8(5-3-7)12(13)14/h2-5H,6H2,1H3,(H2,10,11,15). The highest BCUT2D eigenvalue weighted by atomic mass is 32.1. The molecular weight excluding hydrogens is 214 g/mol. The molecule has 0 radical (unpaired) electrons. The van der Waals surface area contributed by atoms with Crippen molar-refractivity contribution >= 4 is 23.0 Å². The Bertz CT molecular complexity index is 364. The number of non-ortho nitro benzene ring substituents is 1. The molecule has 0 atom stereocenters. The fraction of sp³-hybridized carbons (Fsp3) is 0.222. The second-order valence-corrected chi connectivity index (χ2v) is 3.26.